The minimum atomic E-state index is -0.929. The van der Waals surface area contributed by atoms with Gasteiger partial charge < -0.3 is 20.1 Å². The first-order chi connectivity index (χ1) is 11.6. The van der Waals surface area contributed by atoms with Crippen molar-refractivity contribution in [1.29, 1.82) is 0 Å². The van der Waals surface area contributed by atoms with E-state index >= 15 is 0 Å². The number of nitrogens with one attached hydrogen (secondary N) is 1. The summed E-state index contributed by atoms with van der Waals surface area (Å²) in [5, 5.41) is 13.6. The molecule has 0 saturated heterocycles. The second kappa shape index (κ2) is 9.21. The van der Waals surface area contributed by atoms with Crippen LogP contribution < -0.4 is 10.1 Å². The molecule has 1 aromatic carbocycles. The van der Waals surface area contributed by atoms with Crippen LogP contribution in [0.2, 0.25) is 0 Å². The quantitative estimate of drug-likeness (QED) is 0.580. The van der Waals surface area contributed by atoms with Crippen LogP contribution in [-0.2, 0) is 4.79 Å². The highest BCUT2D eigenvalue weighted by Gasteiger charge is 2.20. The highest BCUT2D eigenvalue weighted by atomic mass is 32.2. The number of carbonyl (C=O) groups is 1. The van der Waals surface area contributed by atoms with Gasteiger partial charge in [-0.05, 0) is 31.7 Å². The monoisotopic (exact) mass is 350 g/mol. The van der Waals surface area contributed by atoms with Crippen LogP contribution in [0.5, 0.6) is 5.75 Å². The van der Waals surface area contributed by atoms with Crippen molar-refractivity contribution in [2.45, 2.75) is 6.42 Å². The minimum absolute atomic E-state index is 0.180. The number of hydrogen-bond donors (Lipinski definition) is 2. The predicted octanol–water partition coefficient (Wildman–Crippen LogP) is 2.10. The molecule has 2 N–H and O–H groups in total. The normalized spacial score (nSPS) is 13.2. The summed E-state index contributed by atoms with van der Waals surface area (Å²) in [4.78, 5) is 12.8. The Kier molecular flexibility index (Phi) is 6.97. The average molecular weight is 350 g/mol. The fraction of sp³-hybridized carbons (Fsp3) is 0.353. The first-order valence-electron chi connectivity index (χ1n) is 7.47. The summed E-state index contributed by atoms with van der Waals surface area (Å²) in [6, 6.07) is 4.62. The van der Waals surface area contributed by atoms with Gasteiger partial charge in [-0.25, -0.2) is 9.18 Å². The van der Waals surface area contributed by atoms with E-state index in [9.17, 15) is 9.18 Å². The van der Waals surface area contributed by atoms with Crippen LogP contribution in [0.3, 0.4) is 0 Å². The van der Waals surface area contributed by atoms with Crippen LogP contribution in [0, 0.1) is 17.7 Å². The minimum Gasteiger partial charge on any atom is -0.490 e. The molecular formula is C17H19FN2O3S. The topological polar surface area (TPSA) is 61.8 Å². The Labute approximate surface area is 144 Å². The van der Waals surface area contributed by atoms with Gasteiger partial charge in [0.1, 0.15) is 5.70 Å². The summed E-state index contributed by atoms with van der Waals surface area (Å²) in [5.41, 5.74) is 0.899. The molecule has 2 rings (SSSR count). The zero-order valence-electron chi connectivity index (χ0n) is 13.3. The van der Waals surface area contributed by atoms with Gasteiger partial charge in [0, 0.05) is 17.5 Å². The van der Waals surface area contributed by atoms with E-state index in [1.165, 1.54) is 17.8 Å². The molecule has 0 aliphatic carbocycles. The summed E-state index contributed by atoms with van der Waals surface area (Å²) in [6.45, 7) is 1.41. The Balaban J connectivity index is 1.80. The first kappa shape index (κ1) is 18.2. The van der Waals surface area contributed by atoms with E-state index in [1.807, 2.05) is 0 Å². The van der Waals surface area contributed by atoms with Crippen molar-refractivity contribution in [3.63, 3.8) is 0 Å². The zero-order valence-corrected chi connectivity index (χ0v) is 14.2. The molecule has 1 aliphatic heterocycles. The molecule has 0 atom stereocenters. The van der Waals surface area contributed by atoms with Crippen molar-refractivity contribution in [2.24, 2.45) is 0 Å². The summed E-state index contributed by atoms with van der Waals surface area (Å²) in [6.07, 6.45) is 0.606. The van der Waals surface area contributed by atoms with E-state index in [4.69, 9.17) is 9.84 Å². The SMILES string of the molecule is CNCC#Cc1ccc(OCCCN2CSC=C2C(=O)O)c(F)c1. The second-order valence-corrected chi connectivity index (χ2v) is 5.87. The third kappa shape index (κ3) is 5.18. The molecule has 5 nitrogen and oxygen atoms in total. The van der Waals surface area contributed by atoms with Crippen molar-refractivity contribution in [3.05, 3.63) is 40.7 Å². The summed E-state index contributed by atoms with van der Waals surface area (Å²) in [7, 11) is 1.79. The maximum atomic E-state index is 13.9. The maximum absolute atomic E-state index is 13.9. The van der Waals surface area contributed by atoms with Gasteiger partial charge in [0.2, 0.25) is 0 Å². The number of ether oxygens (including phenoxy) is 1. The fourth-order valence-corrected chi connectivity index (χ4v) is 3.02. The molecule has 1 heterocycles. The van der Waals surface area contributed by atoms with Gasteiger partial charge in [-0.1, -0.05) is 11.8 Å². The van der Waals surface area contributed by atoms with Gasteiger partial charge in [0.25, 0.3) is 0 Å². The Morgan fingerprint density at radius 3 is 3.08 bits per heavy atom. The van der Waals surface area contributed by atoms with E-state index in [0.717, 1.165) is 0 Å². The molecule has 0 saturated carbocycles. The van der Waals surface area contributed by atoms with Gasteiger partial charge >= 0.3 is 5.97 Å². The molecule has 0 amide bonds. The van der Waals surface area contributed by atoms with Gasteiger partial charge in [-0.15, -0.1) is 11.8 Å². The number of halogens is 1. The molecule has 0 radical (unpaired) electrons. The fourth-order valence-electron chi connectivity index (χ4n) is 2.09. The number of carboxylic acids is 1. The molecule has 1 aromatic rings. The number of hydrogen-bond acceptors (Lipinski definition) is 5. The van der Waals surface area contributed by atoms with Crippen LogP contribution in [0.15, 0.2) is 29.3 Å². The summed E-state index contributed by atoms with van der Waals surface area (Å²) in [5.74, 6) is 5.14. The van der Waals surface area contributed by atoms with Gasteiger partial charge in [-0.2, -0.15) is 0 Å². The van der Waals surface area contributed by atoms with Crippen molar-refractivity contribution in [2.75, 3.05) is 32.6 Å². The number of benzene rings is 1. The lowest BCUT2D eigenvalue weighted by Crippen LogP contribution is -2.26. The molecule has 1 aliphatic rings. The lowest BCUT2D eigenvalue weighted by Gasteiger charge is -2.18. The van der Waals surface area contributed by atoms with E-state index in [2.05, 4.69) is 17.2 Å². The first-order valence-corrected chi connectivity index (χ1v) is 8.52. The Morgan fingerprint density at radius 1 is 1.54 bits per heavy atom. The molecule has 24 heavy (non-hydrogen) atoms. The lowest BCUT2D eigenvalue weighted by atomic mass is 10.2. The molecule has 128 valence electrons. The zero-order chi connectivity index (χ0) is 17.4. The van der Waals surface area contributed by atoms with Crippen LogP contribution in [0.1, 0.15) is 12.0 Å². The molecule has 7 heteroatoms. The van der Waals surface area contributed by atoms with Crippen LogP contribution in [0.25, 0.3) is 0 Å². The third-order valence-corrected chi connectivity index (χ3v) is 4.10. The number of carboxylic acid groups (broad SMARTS) is 1. The average Bonchev–Trinajstić information content (AvgIpc) is 3.02. The number of thioether (sulfide) groups is 1. The van der Waals surface area contributed by atoms with Gasteiger partial charge in [0.05, 0.1) is 19.0 Å². The van der Waals surface area contributed by atoms with Crippen LogP contribution in [-0.4, -0.2) is 48.6 Å². The maximum Gasteiger partial charge on any atom is 0.352 e. The Morgan fingerprint density at radius 2 is 2.38 bits per heavy atom. The predicted molar refractivity (Wildman–Crippen MR) is 92.2 cm³/mol. The Hall–Kier alpha value is -2.17. The van der Waals surface area contributed by atoms with Crippen molar-refractivity contribution < 1.29 is 19.0 Å². The van der Waals surface area contributed by atoms with E-state index in [0.29, 0.717) is 43.3 Å². The molecule has 0 bridgehead atoms. The molecule has 0 unspecified atom stereocenters. The van der Waals surface area contributed by atoms with Crippen LogP contribution in [0.4, 0.5) is 4.39 Å². The highest BCUT2D eigenvalue weighted by molar-refractivity contribution is 8.02. The smallest absolute Gasteiger partial charge is 0.352 e. The lowest BCUT2D eigenvalue weighted by molar-refractivity contribution is -0.134. The van der Waals surface area contributed by atoms with Crippen molar-refractivity contribution in [3.8, 4) is 17.6 Å². The number of nitrogens with zero attached hydrogens (tertiary/aromatic N) is 1. The second-order valence-electron chi connectivity index (χ2n) is 5.05. The summed E-state index contributed by atoms with van der Waals surface area (Å²) < 4.78 is 19.4. The highest BCUT2D eigenvalue weighted by Crippen LogP contribution is 2.23. The van der Waals surface area contributed by atoms with Crippen molar-refractivity contribution in [1.82, 2.24) is 10.2 Å². The summed E-state index contributed by atoms with van der Waals surface area (Å²) >= 11 is 1.45. The van der Waals surface area contributed by atoms with E-state index < -0.39 is 11.8 Å². The molecule has 0 spiro atoms. The number of aliphatic carboxylic acids is 1. The Bertz CT molecular complexity index is 682. The standard InChI is InChI=1S/C17H19FN2O3S/c1-19-7-2-4-13-5-6-16(14(18)10-13)23-9-3-8-20-12-24-11-15(20)17(21)22/h5-6,10-11,19H,3,7-9,12H2,1H3,(H,21,22). The molecular weight excluding hydrogens is 331 g/mol. The van der Waals surface area contributed by atoms with E-state index in [1.54, 1.807) is 29.5 Å². The molecule has 0 fully saturated rings. The van der Waals surface area contributed by atoms with Crippen molar-refractivity contribution >= 4 is 17.7 Å². The van der Waals surface area contributed by atoms with Crippen LogP contribution >= 0.6 is 11.8 Å². The van der Waals surface area contributed by atoms with E-state index in [-0.39, 0.29) is 5.75 Å². The largest absolute Gasteiger partial charge is 0.490 e. The molecule has 0 aromatic heterocycles. The van der Waals surface area contributed by atoms with Gasteiger partial charge in [0.15, 0.2) is 11.6 Å². The third-order valence-electron chi connectivity index (χ3n) is 3.24. The van der Waals surface area contributed by atoms with Gasteiger partial charge in [-0.3, -0.25) is 0 Å². The number of rotatable bonds is 7.